The van der Waals surface area contributed by atoms with E-state index in [4.69, 9.17) is 5.26 Å². The van der Waals surface area contributed by atoms with Crippen molar-refractivity contribution in [3.8, 4) is 17.3 Å². The van der Waals surface area contributed by atoms with Gasteiger partial charge >= 0.3 is 0 Å². The summed E-state index contributed by atoms with van der Waals surface area (Å²) >= 11 is 0. The minimum atomic E-state index is 0.671. The molecule has 1 aromatic carbocycles. The monoisotopic (exact) mass is 247 g/mol. The number of hydrogen-bond acceptors (Lipinski definition) is 2. The standard InChI is InChI=1S/C16H13N3/c1-11-7-12(2)19-15(10-18-16(19)8-11)14-5-3-13(9-17)4-6-14/h3-8,10H,1-2H3. The summed E-state index contributed by atoms with van der Waals surface area (Å²) in [6, 6.07) is 13.9. The lowest BCUT2D eigenvalue weighted by molar-refractivity contribution is 1.09. The van der Waals surface area contributed by atoms with Crippen LogP contribution in [-0.2, 0) is 0 Å². The van der Waals surface area contributed by atoms with Crippen LogP contribution in [0.4, 0.5) is 0 Å². The number of fused-ring (bicyclic) bond motifs is 1. The van der Waals surface area contributed by atoms with Crippen molar-refractivity contribution < 1.29 is 0 Å². The third kappa shape index (κ3) is 1.88. The molecular formula is C16H13N3. The Kier molecular flexibility index (Phi) is 2.57. The highest BCUT2D eigenvalue weighted by Crippen LogP contribution is 2.23. The number of nitrogens with zero attached hydrogens (tertiary/aromatic N) is 3. The highest BCUT2D eigenvalue weighted by Gasteiger charge is 2.08. The molecule has 3 aromatic rings. The predicted octanol–water partition coefficient (Wildman–Crippen LogP) is 3.49. The van der Waals surface area contributed by atoms with Crippen molar-refractivity contribution >= 4 is 5.65 Å². The zero-order valence-electron chi connectivity index (χ0n) is 10.9. The number of aryl methyl sites for hydroxylation is 2. The minimum absolute atomic E-state index is 0.671. The van der Waals surface area contributed by atoms with E-state index in [-0.39, 0.29) is 0 Å². The number of hydrogen-bond donors (Lipinski definition) is 0. The summed E-state index contributed by atoms with van der Waals surface area (Å²) in [5, 5.41) is 8.84. The first-order valence-electron chi connectivity index (χ1n) is 6.14. The Morgan fingerprint density at radius 3 is 2.53 bits per heavy atom. The molecule has 0 atom stereocenters. The van der Waals surface area contributed by atoms with Crippen LogP contribution in [0.2, 0.25) is 0 Å². The van der Waals surface area contributed by atoms with Crippen molar-refractivity contribution in [3.05, 3.63) is 59.4 Å². The lowest BCUT2D eigenvalue weighted by atomic mass is 10.1. The van der Waals surface area contributed by atoms with Gasteiger partial charge in [-0.1, -0.05) is 12.1 Å². The fourth-order valence-electron chi connectivity index (χ4n) is 2.40. The SMILES string of the molecule is Cc1cc(C)n2c(-c3ccc(C#N)cc3)cnc2c1. The van der Waals surface area contributed by atoms with Crippen LogP contribution < -0.4 is 0 Å². The second kappa shape index (κ2) is 4.25. The number of benzene rings is 1. The van der Waals surface area contributed by atoms with Gasteiger partial charge in [-0.25, -0.2) is 4.98 Å². The van der Waals surface area contributed by atoms with Gasteiger partial charge in [0.05, 0.1) is 23.5 Å². The topological polar surface area (TPSA) is 41.1 Å². The highest BCUT2D eigenvalue weighted by atomic mass is 15.0. The van der Waals surface area contributed by atoms with Crippen LogP contribution in [0, 0.1) is 25.2 Å². The maximum atomic E-state index is 8.84. The Bertz CT molecular complexity index is 789. The second-order valence-electron chi connectivity index (χ2n) is 4.70. The molecule has 3 nitrogen and oxygen atoms in total. The summed E-state index contributed by atoms with van der Waals surface area (Å²) in [4.78, 5) is 4.46. The van der Waals surface area contributed by atoms with E-state index in [2.05, 4.69) is 41.4 Å². The summed E-state index contributed by atoms with van der Waals surface area (Å²) in [5.41, 5.74) is 6.12. The van der Waals surface area contributed by atoms with Crippen molar-refractivity contribution in [2.24, 2.45) is 0 Å². The van der Waals surface area contributed by atoms with Gasteiger partial charge in [0.1, 0.15) is 5.65 Å². The van der Waals surface area contributed by atoms with Crippen LogP contribution in [0.3, 0.4) is 0 Å². The molecule has 2 aromatic heterocycles. The smallest absolute Gasteiger partial charge is 0.137 e. The van der Waals surface area contributed by atoms with Crippen molar-refractivity contribution in [2.75, 3.05) is 0 Å². The van der Waals surface area contributed by atoms with Gasteiger partial charge in [-0.15, -0.1) is 0 Å². The molecule has 0 unspecified atom stereocenters. The van der Waals surface area contributed by atoms with Gasteiger partial charge < -0.3 is 0 Å². The number of aromatic nitrogens is 2. The molecule has 3 rings (SSSR count). The molecule has 0 saturated carbocycles. The van der Waals surface area contributed by atoms with Gasteiger partial charge in [0, 0.05) is 11.3 Å². The normalized spacial score (nSPS) is 10.6. The van der Waals surface area contributed by atoms with E-state index in [0.717, 1.165) is 22.6 Å². The Morgan fingerprint density at radius 2 is 1.84 bits per heavy atom. The summed E-state index contributed by atoms with van der Waals surface area (Å²) in [7, 11) is 0. The summed E-state index contributed by atoms with van der Waals surface area (Å²) in [5.74, 6) is 0. The molecule has 0 aliphatic rings. The Balaban J connectivity index is 2.22. The largest absolute Gasteiger partial charge is 0.297 e. The number of pyridine rings is 1. The molecule has 0 radical (unpaired) electrons. The lowest BCUT2D eigenvalue weighted by Gasteiger charge is -2.07. The van der Waals surface area contributed by atoms with Crippen LogP contribution in [0.15, 0.2) is 42.6 Å². The molecule has 0 amide bonds. The fourth-order valence-corrected chi connectivity index (χ4v) is 2.40. The lowest BCUT2D eigenvalue weighted by Crippen LogP contribution is -1.94. The van der Waals surface area contributed by atoms with Gasteiger partial charge in [-0.2, -0.15) is 5.26 Å². The number of nitriles is 1. The van der Waals surface area contributed by atoms with E-state index in [9.17, 15) is 0 Å². The molecule has 19 heavy (non-hydrogen) atoms. The fraction of sp³-hybridized carbons (Fsp3) is 0.125. The van der Waals surface area contributed by atoms with Gasteiger partial charge in [0.25, 0.3) is 0 Å². The van der Waals surface area contributed by atoms with Crippen LogP contribution >= 0.6 is 0 Å². The molecule has 92 valence electrons. The van der Waals surface area contributed by atoms with E-state index < -0.39 is 0 Å². The van der Waals surface area contributed by atoms with E-state index in [1.54, 1.807) is 0 Å². The first kappa shape index (κ1) is 11.5. The molecule has 0 aliphatic heterocycles. The molecule has 0 saturated heterocycles. The second-order valence-corrected chi connectivity index (χ2v) is 4.70. The number of rotatable bonds is 1. The van der Waals surface area contributed by atoms with Crippen LogP contribution in [0.25, 0.3) is 16.9 Å². The third-order valence-corrected chi connectivity index (χ3v) is 3.24. The maximum Gasteiger partial charge on any atom is 0.137 e. The van der Waals surface area contributed by atoms with Gasteiger partial charge in [-0.3, -0.25) is 4.40 Å². The molecule has 3 heteroatoms. The van der Waals surface area contributed by atoms with Crippen LogP contribution in [0.5, 0.6) is 0 Å². The molecule has 0 fully saturated rings. The van der Waals surface area contributed by atoms with E-state index in [0.29, 0.717) is 5.56 Å². The highest BCUT2D eigenvalue weighted by molar-refractivity contribution is 5.65. The molecule has 0 N–H and O–H groups in total. The van der Waals surface area contributed by atoms with Crippen LogP contribution in [0.1, 0.15) is 16.8 Å². The van der Waals surface area contributed by atoms with Gasteiger partial charge in [-0.05, 0) is 43.7 Å². The molecule has 0 aliphatic carbocycles. The maximum absolute atomic E-state index is 8.84. The number of imidazole rings is 1. The van der Waals surface area contributed by atoms with Crippen molar-refractivity contribution in [1.82, 2.24) is 9.38 Å². The minimum Gasteiger partial charge on any atom is -0.297 e. The van der Waals surface area contributed by atoms with Crippen LogP contribution in [-0.4, -0.2) is 9.38 Å². The Labute approximate surface area is 111 Å². The zero-order valence-corrected chi connectivity index (χ0v) is 10.9. The average Bonchev–Trinajstić information content (AvgIpc) is 2.83. The van der Waals surface area contributed by atoms with Crippen molar-refractivity contribution in [1.29, 1.82) is 5.26 Å². The summed E-state index contributed by atoms with van der Waals surface area (Å²) < 4.78 is 2.13. The third-order valence-electron chi connectivity index (χ3n) is 3.24. The molecule has 0 bridgehead atoms. The Morgan fingerprint density at radius 1 is 1.11 bits per heavy atom. The molecule has 0 spiro atoms. The first-order chi connectivity index (χ1) is 9.19. The van der Waals surface area contributed by atoms with Crippen molar-refractivity contribution in [2.45, 2.75) is 13.8 Å². The van der Waals surface area contributed by atoms with E-state index in [1.165, 1.54) is 5.56 Å². The first-order valence-corrected chi connectivity index (χ1v) is 6.14. The Hall–Kier alpha value is -2.60. The zero-order chi connectivity index (χ0) is 13.4. The van der Waals surface area contributed by atoms with E-state index in [1.807, 2.05) is 30.5 Å². The van der Waals surface area contributed by atoms with Crippen molar-refractivity contribution in [3.63, 3.8) is 0 Å². The molecular weight excluding hydrogens is 234 g/mol. The predicted molar refractivity (Wildman–Crippen MR) is 74.8 cm³/mol. The summed E-state index contributed by atoms with van der Waals surface area (Å²) in [6.45, 7) is 4.15. The summed E-state index contributed by atoms with van der Waals surface area (Å²) in [6.07, 6.45) is 1.88. The van der Waals surface area contributed by atoms with E-state index >= 15 is 0 Å². The molecule has 2 heterocycles. The average molecular weight is 247 g/mol. The quantitative estimate of drug-likeness (QED) is 0.660. The van der Waals surface area contributed by atoms with Gasteiger partial charge in [0.2, 0.25) is 0 Å². The van der Waals surface area contributed by atoms with Gasteiger partial charge in [0.15, 0.2) is 0 Å².